The molecule has 0 bridgehead atoms. The number of benzene rings is 1. The normalized spacial score (nSPS) is 18.4. The monoisotopic (exact) mass is 388 g/mol. The molecule has 7 nitrogen and oxygen atoms in total. The molecule has 4 rings (SSSR count). The van der Waals surface area contributed by atoms with Crippen LogP contribution in [0.25, 0.3) is 0 Å². The second-order valence-electron chi connectivity index (χ2n) is 7.38. The van der Waals surface area contributed by atoms with E-state index >= 15 is 0 Å². The lowest BCUT2D eigenvalue weighted by atomic mass is 10.2. The maximum absolute atomic E-state index is 13.0. The average Bonchev–Trinajstić information content (AvgIpc) is 3.40. The number of amides is 1. The molecule has 2 aromatic rings. The Morgan fingerprint density at radius 1 is 1.19 bits per heavy atom. The predicted molar refractivity (Wildman–Crippen MR) is 102 cm³/mol. The van der Waals surface area contributed by atoms with Crippen molar-refractivity contribution in [2.45, 2.75) is 49.8 Å². The number of carbonyl (C=O) groups is 1. The van der Waals surface area contributed by atoms with Crippen LogP contribution >= 0.6 is 0 Å². The summed E-state index contributed by atoms with van der Waals surface area (Å²) in [6, 6.07) is 6.77. The molecule has 2 N–H and O–H groups in total. The molecular weight excluding hydrogens is 364 g/mol. The SMILES string of the molecule is Cc1ccc(NC(=O)c2cc(C3CC3)[nH]n2)cc1S(=O)(=O)N1CCCCC1. The standard InChI is InChI=1S/C19H24N4O3S/c1-13-5-8-15(11-18(13)27(25,26)23-9-3-2-4-10-23)20-19(24)17-12-16(21-22-17)14-6-7-14/h5,8,11-12,14H,2-4,6-7,9-10H2,1H3,(H,20,24)(H,21,22). The van der Waals surface area contributed by atoms with Gasteiger partial charge in [-0.3, -0.25) is 9.89 Å². The molecule has 0 spiro atoms. The van der Waals surface area contributed by atoms with Gasteiger partial charge in [0.1, 0.15) is 0 Å². The number of aromatic amines is 1. The molecule has 27 heavy (non-hydrogen) atoms. The quantitative estimate of drug-likeness (QED) is 0.823. The van der Waals surface area contributed by atoms with Gasteiger partial charge >= 0.3 is 0 Å². The number of hydrogen-bond acceptors (Lipinski definition) is 4. The number of hydrogen-bond donors (Lipinski definition) is 2. The van der Waals surface area contributed by atoms with E-state index in [2.05, 4.69) is 15.5 Å². The topological polar surface area (TPSA) is 95.2 Å². The van der Waals surface area contributed by atoms with E-state index in [1.165, 1.54) is 0 Å². The van der Waals surface area contributed by atoms with Gasteiger partial charge in [0.05, 0.1) is 4.90 Å². The van der Waals surface area contributed by atoms with Gasteiger partial charge in [-0.25, -0.2) is 8.42 Å². The van der Waals surface area contributed by atoms with Gasteiger partial charge in [0.2, 0.25) is 10.0 Å². The highest BCUT2D eigenvalue weighted by molar-refractivity contribution is 7.89. The molecule has 1 aromatic carbocycles. The number of aromatic nitrogens is 2. The second kappa shape index (κ2) is 7.09. The molecule has 2 heterocycles. The molecule has 1 aliphatic heterocycles. The molecular formula is C19H24N4O3S. The summed E-state index contributed by atoms with van der Waals surface area (Å²) < 4.78 is 27.5. The molecule has 1 saturated carbocycles. The smallest absolute Gasteiger partial charge is 0.276 e. The molecule has 1 amide bonds. The Hall–Kier alpha value is -2.19. The second-order valence-corrected chi connectivity index (χ2v) is 9.29. The Labute approximate surface area is 159 Å². The third kappa shape index (κ3) is 3.77. The van der Waals surface area contributed by atoms with Crippen molar-refractivity contribution in [1.29, 1.82) is 0 Å². The van der Waals surface area contributed by atoms with E-state index in [4.69, 9.17) is 0 Å². The van der Waals surface area contributed by atoms with Crippen molar-refractivity contribution in [1.82, 2.24) is 14.5 Å². The summed E-state index contributed by atoms with van der Waals surface area (Å²) in [4.78, 5) is 12.7. The van der Waals surface area contributed by atoms with E-state index in [-0.39, 0.29) is 10.8 Å². The highest BCUT2D eigenvalue weighted by Crippen LogP contribution is 2.39. The molecule has 0 radical (unpaired) electrons. The zero-order chi connectivity index (χ0) is 19.0. The van der Waals surface area contributed by atoms with Crippen LogP contribution in [0, 0.1) is 6.92 Å². The minimum atomic E-state index is -3.55. The predicted octanol–water partition coefficient (Wildman–Crippen LogP) is 3.02. The number of aryl methyl sites for hydroxylation is 1. The first kappa shape index (κ1) is 18.2. The summed E-state index contributed by atoms with van der Waals surface area (Å²) >= 11 is 0. The summed E-state index contributed by atoms with van der Waals surface area (Å²) in [5, 5.41) is 9.75. The van der Waals surface area contributed by atoms with Crippen LogP contribution in [0.3, 0.4) is 0 Å². The van der Waals surface area contributed by atoms with Gasteiger partial charge in [-0.15, -0.1) is 0 Å². The van der Waals surface area contributed by atoms with E-state index in [1.54, 1.807) is 35.5 Å². The number of H-pyrrole nitrogens is 1. The maximum Gasteiger partial charge on any atom is 0.276 e. The first-order valence-electron chi connectivity index (χ1n) is 9.42. The van der Waals surface area contributed by atoms with Gasteiger partial charge in [0.25, 0.3) is 5.91 Å². The Kier molecular flexibility index (Phi) is 4.77. The highest BCUT2D eigenvalue weighted by Gasteiger charge is 2.28. The van der Waals surface area contributed by atoms with E-state index in [1.807, 2.05) is 0 Å². The van der Waals surface area contributed by atoms with Gasteiger partial charge in [0.15, 0.2) is 5.69 Å². The fraction of sp³-hybridized carbons (Fsp3) is 0.474. The number of anilines is 1. The number of nitrogens with zero attached hydrogens (tertiary/aromatic N) is 2. The maximum atomic E-state index is 13.0. The van der Waals surface area contributed by atoms with Crippen molar-refractivity contribution in [2.75, 3.05) is 18.4 Å². The Morgan fingerprint density at radius 3 is 2.63 bits per heavy atom. The number of carbonyl (C=O) groups excluding carboxylic acids is 1. The zero-order valence-electron chi connectivity index (χ0n) is 15.4. The molecule has 2 fully saturated rings. The van der Waals surface area contributed by atoms with Crippen LogP contribution in [0.5, 0.6) is 0 Å². The van der Waals surface area contributed by atoms with Crippen molar-refractivity contribution in [3.05, 3.63) is 41.2 Å². The number of nitrogens with one attached hydrogen (secondary N) is 2. The van der Waals surface area contributed by atoms with Crippen LogP contribution in [0.15, 0.2) is 29.2 Å². The van der Waals surface area contributed by atoms with Crippen molar-refractivity contribution < 1.29 is 13.2 Å². The van der Waals surface area contributed by atoms with E-state index < -0.39 is 10.0 Å². The summed E-state index contributed by atoms with van der Waals surface area (Å²) in [6.07, 6.45) is 5.08. The third-order valence-electron chi connectivity index (χ3n) is 5.23. The lowest BCUT2D eigenvalue weighted by Crippen LogP contribution is -2.36. The zero-order valence-corrected chi connectivity index (χ0v) is 16.2. The molecule has 1 aromatic heterocycles. The lowest BCUT2D eigenvalue weighted by Gasteiger charge is -2.26. The van der Waals surface area contributed by atoms with Crippen molar-refractivity contribution >= 4 is 21.6 Å². The van der Waals surface area contributed by atoms with Gasteiger partial charge in [-0.05, 0) is 56.4 Å². The van der Waals surface area contributed by atoms with Gasteiger partial charge in [-0.2, -0.15) is 9.40 Å². The largest absolute Gasteiger partial charge is 0.321 e. The Bertz CT molecular complexity index is 957. The molecule has 8 heteroatoms. The number of piperidine rings is 1. The van der Waals surface area contributed by atoms with Crippen molar-refractivity contribution in [2.24, 2.45) is 0 Å². The number of sulfonamides is 1. The lowest BCUT2D eigenvalue weighted by molar-refractivity contribution is 0.102. The molecule has 144 valence electrons. The first-order valence-corrected chi connectivity index (χ1v) is 10.9. The van der Waals surface area contributed by atoms with E-state index in [0.29, 0.717) is 36.0 Å². The summed E-state index contributed by atoms with van der Waals surface area (Å²) in [5.41, 5.74) is 2.43. The summed E-state index contributed by atoms with van der Waals surface area (Å²) in [6.45, 7) is 2.88. The molecule has 1 saturated heterocycles. The van der Waals surface area contributed by atoms with Crippen LogP contribution in [0.2, 0.25) is 0 Å². The highest BCUT2D eigenvalue weighted by atomic mass is 32.2. The van der Waals surface area contributed by atoms with Crippen molar-refractivity contribution in [3.63, 3.8) is 0 Å². The van der Waals surface area contributed by atoms with Crippen LogP contribution in [0.1, 0.15) is 59.8 Å². The molecule has 2 aliphatic rings. The van der Waals surface area contributed by atoms with Crippen molar-refractivity contribution in [3.8, 4) is 0 Å². The average molecular weight is 388 g/mol. The number of rotatable bonds is 5. The minimum Gasteiger partial charge on any atom is -0.321 e. The molecule has 0 unspecified atom stereocenters. The van der Waals surface area contributed by atoms with Crippen LogP contribution in [0.4, 0.5) is 5.69 Å². The first-order chi connectivity index (χ1) is 12.9. The molecule has 1 aliphatic carbocycles. The van der Waals surface area contributed by atoms with Crippen LogP contribution in [-0.4, -0.2) is 41.9 Å². The molecule has 0 atom stereocenters. The van der Waals surface area contributed by atoms with Gasteiger partial charge in [0, 0.05) is 30.4 Å². The summed E-state index contributed by atoms with van der Waals surface area (Å²) in [7, 11) is -3.55. The fourth-order valence-electron chi connectivity index (χ4n) is 3.45. The summed E-state index contributed by atoms with van der Waals surface area (Å²) in [5.74, 6) is 0.142. The van der Waals surface area contributed by atoms with Gasteiger partial charge in [-0.1, -0.05) is 12.5 Å². The minimum absolute atomic E-state index is 0.253. The van der Waals surface area contributed by atoms with Crippen LogP contribution in [-0.2, 0) is 10.0 Å². The fourth-order valence-corrected chi connectivity index (χ4v) is 5.22. The van der Waals surface area contributed by atoms with Crippen LogP contribution < -0.4 is 5.32 Å². The Morgan fingerprint density at radius 2 is 1.93 bits per heavy atom. The third-order valence-corrected chi connectivity index (χ3v) is 7.27. The van der Waals surface area contributed by atoms with Gasteiger partial charge < -0.3 is 5.32 Å². The Balaban J connectivity index is 1.55. The van der Waals surface area contributed by atoms with E-state index in [9.17, 15) is 13.2 Å². The van der Waals surface area contributed by atoms with E-state index in [0.717, 1.165) is 37.8 Å².